The summed E-state index contributed by atoms with van der Waals surface area (Å²) in [5, 5.41) is 8.52. The van der Waals surface area contributed by atoms with E-state index in [2.05, 4.69) is 23.5 Å². The Bertz CT molecular complexity index is 1290. The SMILES string of the molecule is Br.O=S(=O)(c1ccc(-c2csc(Nc3cccc4ccccc34)n2)cc1)N1CCCC1. The van der Waals surface area contributed by atoms with Gasteiger partial charge >= 0.3 is 0 Å². The van der Waals surface area contributed by atoms with Gasteiger partial charge in [0.05, 0.1) is 10.6 Å². The number of hydrogen-bond acceptors (Lipinski definition) is 5. The van der Waals surface area contributed by atoms with E-state index in [-0.39, 0.29) is 17.0 Å². The van der Waals surface area contributed by atoms with Crippen LogP contribution in [0.5, 0.6) is 0 Å². The van der Waals surface area contributed by atoms with Crippen LogP contribution >= 0.6 is 28.3 Å². The maximum Gasteiger partial charge on any atom is 0.243 e. The van der Waals surface area contributed by atoms with Crippen LogP contribution in [-0.2, 0) is 10.0 Å². The highest BCUT2D eigenvalue weighted by atomic mass is 79.9. The molecule has 0 atom stereocenters. The van der Waals surface area contributed by atoms with Crippen molar-refractivity contribution in [3.63, 3.8) is 0 Å². The molecule has 0 saturated carbocycles. The second-order valence-corrected chi connectivity index (χ2v) is 10.1. The van der Waals surface area contributed by atoms with Crippen molar-refractivity contribution in [2.75, 3.05) is 18.4 Å². The van der Waals surface area contributed by atoms with Gasteiger partial charge in [-0.3, -0.25) is 0 Å². The minimum Gasteiger partial charge on any atom is -0.331 e. The highest BCUT2D eigenvalue weighted by Crippen LogP contribution is 2.31. The number of aromatic nitrogens is 1. The summed E-state index contributed by atoms with van der Waals surface area (Å²) in [6, 6.07) is 21.4. The zero-order valence-corrected chi connectivity index (χ0v) is 20.0. The Morgan fingerprint density at radius 1 is 0.903 bits per heavy atom. The van der Waals surface area contributed by atoms with Crippen LogP contribution in [-0.4, -0.2) is 30.8 Å². The highest BCUT2D eigenvalue weighted by molar-refractivity contribution is 8.93. The van der Waals surface area contributed by atoms with E-state index < -0.39 is 10.0 Å². The molecule has 1 aromatic heterocycles. The zero-order chi connectivity index (χ0) is 20.6. The average molecular weight is 516 g/mol. The second-order valence-electron chi connectivity index (χ2n) is 7.33. The smallest absolute Gasteiger partial charge is 0.243 e. The summed E-state index contributed by atoms with van der Waals surface area (Å²) < 4.78 is 27.0. The summed E-state index contributed by atoms with van der Waals surface area (Å²) in [6.07, 6.45) is 1.87. The summed E-state index contributed by atoms with van der Waals surface area (Å²) in [4.78, 5) is 5.04. The third kappa shape index (κ3) is 4.39. The highest BCUT2D eigenvalue weighted by Gasteiger charge is 2.27. The van der Waals surface area contributed by atoms with Crippen molar-refractivity contribution in [1.29, 1.82) is 0 Å². The van der Waals surface area contributed by atoms with Crippen LogP contribution in [0.15, 0.2) is 77.0 Å². The Morgan fingerprint density at radius 3 is 2.39 bits per heavy atom. The van der Waals surface area contributed by atoms with Gasteiger partial charge in [-0.25, -0.2) is 13.4 Å². The number of nitrogens with one attached hydrogen (secondary N) is 1. The molecule has 4 aromatic rings. The predicted octanol–water partition coefficient (Wildman–Crippen LogP) is 6.07. The molecular weight excluding hydrogens is 494 g/mol. The van der Waals surface area contributed by atoms with Crippen molar-refractivity contribution < 1.29 is 8.42 Å². The van der Waals surface area contributed by atoms with E-state index in [1.54, 1.807) is 16.4 Å². The normalized spacial score (nSPS) is 14.5. The lowest BCUT2D eigenvalue weighted by atomic mass is 10.1. The summed E-state index contributed by atoms with van der Waals surface area (Å²) in [5.41, 5.74) is 2.74. The summed E-state index contributed by atoms with van der Waals surface area (Å²) in [5.74, 6) is 0. The summed E-state index contributed by atoms with van der Waals surface area (Å²) >= 11 is 1.53. The Balaban J connectivity index is 0.00000231. The van der Waals surface area contributed by atoms with Crippen LogP contribution < -0.4 is 5.32 Å². The third-order valence-electron chi connectivity index (χ3n) is 5.39. The number of halogens is 1. The van der Waals surface area contributed by atoms with Crippen molar-refractivity contribution in [2.24, 2.45) is 0 Å². The van der Waals surface area contributed by atoms with Gasteiger partial charge in [0.15, 0.2) is 5.13 Å². The number of rotatable bonds is 5. The molecule has 1 fully saturated rings. The van der Waals surface area contributed by atoms with Crippen molar-refractivity contribution in [3.05, 3.63) is 72.1 Å². The summed E-state index contributed by atoms with van der Waals surface area (Å²) in [6.45, 7) is 1.22. The van der Waals surface area contributed by atoms with E-state index in [4.69, 9.17) is 4.98 Å². The number of anilines is 2. The largest absolute Gasteiger partial charge is 0.331 e. The molecule has 5 nitrogen and oxygen atoms in total. The Hall–Kier alpha value is -2.26. The van der Waals surface area contributed by atoms with E-state index in [0.29, 0.717) is 18.0 Å². The minimum atomic E-state index is -3.39. The Morgan fingerprint density at radius 2 is 1.61 bits per heavy atom. The van der Waals surface area contributed by atoms with E-state index in [9.17, 15) is 8.42 Å². The molecule has 0 aliphatic carbocycles. The van der Waals surface area contributed by atoms with Crippen LogP contribution in [0.4, 0.5) is 10.8 Å². The van der Waals surface area contributed by atoms with Crippen LogP contribution in [0.1, 0.15) is 12.8 Å². The van der Waals surface area contributed by atoms with Gasteiger partial charge in [-0.15, -0.1) is 28.3 Å². The van der Waals surface area contributed by atoms with Gasteiger partial charge in [0.1, 0.15) is 0 Å². The monoisotopic (exact) mass is 515 g/mol. The Kier molecular flexibility index (Phi) is 6.43. The first kappa shape index (κ1) is 22.0. The molecule has 0 unspecified atom stereocenters. The summed E-state index contributed by atoms with van der Waals surface area (Å²) in [7, 11) is -3.39. The van der Waals surface area contributed by atoms with Gasteiger partial charge < -0.3 is 5.32 Å². The minimum absolute atomic E-state index is 0. The molecule has 160 valence electrons. The van der Waals surface area contributed by atoms with Gasteiger partial charge in [-0.1, -0.05) is 48.5 Å². The molecule has 1 aliphatic heterocycles. The topological polar surface area (TPSA) is 62.3 Å². The quantitative estimate of drug-likeness (QED) is 0.350. The lowest BCUT2D eigenvalue weighted by molar-refractivity contribution is 0.477. The fourth-order valence-corrected chi connectivity index (χ4v) is 6.04. The first-order chi connectivity index (χ1) is 14.6. The maximum atomic E-state index is 12.7. The van der Waals surface area contributed by atoms with Crippen LogP contribution in [0.3, 0.4) is 0 Å². The van der Waals surface area contributed by atoms with E-state index in [1.165, 1.54) is 16.7 Å². The zero-order valence-electron chi connectivity index (χ0n) is 16.7. The van der Waals surface area contributed by atoms with Gasteiger partial charge in [0.2, 0.25) is 10.0 Å². The molecule has 0 radical (unpaired) electrons. The molecule has 1 saturated heterocycles. The van der Waals surface area contributed by atoms with Crippen molar-refractivity contribution in [3.8, 4) is 11.3 Å². The van der Waals surface area contributed by atoms with Crippen molar-refractivity contribution in [2.45, 2.75) is 17.7 Å². The lowest BCUT2D eigenvalue weighted by Gasteiger charge is -2.15. The number of benzene rings is 3. The molecule has 3 aromatic carbocycles. The number of fused-ring (bicyclic) bond motifs is 1. The first-order valence-electron chi connectivity index (χ1n) is 9.92. The fraction of sp³-hybridized carbons (Fsp3) is 0.174. The molecule has 5 rings (SSSR count). The van der Waals surface area contributed by atoms with Gasteiger partial charge in [-0.05, 0) is 36.4 Å². The molecule has 1 N–H and O–H groups in total. The van der Waals surface area contributed by atoms with Crippen LogP contribution in [0.2, 0.25) is 0 Å². The molecule has 0 spiro atoms. The molecule has 0 bridgehead atoms. The molecule has 8 heteroatoms. The average Bonchev–Trinajstić information content (AvgIpc) is 3.47. The number of sulfonamides is 1. The van der Waals surface area contributed by atoms with Crippen molar-refractivity contribution in [1.82, 2.24) is 9.29 Å². The van der Waals surface area contributed by atoms with Gasteiger partial charge in [0, 0.05) is 35.1 Å². The number of thiazole rings is 1. The molecule has 1 aliphatic rings. The maximum absolute atomic E-state index is 12.7. The van der Waals surface area contributed by atoms with E-state index in [0.717, 1.165) is 40.3 Å². The molecular formula is C23H22BrN3O2S2. The Labute approximate surface area is 196 Å². The fourth-order valence-electron chi connectivity index (χ4n) is 3.79. The lowest BCUT2D eigenvalue weighted by Crippen LogP contribution is -2.27. The van der Waals surface area contributed by atoms with Gasteiger partial charge in [-0.2, -0.15) is 4.31 Å². The van der Waals surface area contributed by atoms with Crippen LogP contribution in [0, 0.1) is 0 Å². The number of nitrogens with zero attached hydrogens (tertiary/aromatic N) is 2. The standard InChI is InChI=1S/C23H21N3O2S2.BrH/c27-30(28,26-14-3-4-15-26)19-12-10-18(11-13-19)22-16-29-23(25-22)24-21-9-5-7-17-6-1-2-8-20(17)21;/h1-2,5-13,16H,3-4,14-15H2,(H,24,25);1H. The first-order valence-corrected chi connectivity index (χ1v) is 12.2. The molecule has 31 heavy (non-hydrogen) atoms. The van der Waals surface area contributed by atoms with Gasteiger partial charge in [0.25, 0.3) is 0 Å². The number of hydrogen-bond donors (Lipinski definition) is 1. The molecule has 2 heterocycles. The third-order valence-corrected chi connectivity index (χ3v) is 8.06. The molecule has 0 amide bonds. The van der Waals surface area contributed by atoms with E-state index in [1.807, 2.05) is 41.8 Å². The second kappa shape index (κ2) is 9.08. The predicted molar refractivity (Wildman–Crippen MR) is 133 cm³/mol. The van der Waals surface area contributed by atoms with E-state index >= 15 is 0 Å². The van der Waals surface area contributed by atoms with Crippen molar-refractivity contribution >= 4 is 59.9 Å². The van der Waals surface area contributed by atoms with Crippen LogP contribution in [0.25, 0.3) is 22.0 Å².